The number of carbonyl (C=O) groups excluding carboxylic acids is 1. The second-order valence-electron chi connectivity index (χ2n) is 6.81. The molecule has 1 aliphatic rings. The van der Waals surface area contributed by atoms with Crippen LogP contribution < -0.4 is 20.1 Å². The van der Waals surface area contributed by atoms with Gasteiger partial charge in [-0.1, -0.05) is 6.07 Å². The minimum atomic E-state index is -0.0891. The monoisotopic (exact) mass is 428 g/mol. The van der Waals surface area contributed by atoms with Crippen LogP contribution in [-0.4, -0.2) is 42.4 Å². The van der Waals surface area contributed by atoms with Gasteiger partial charge in [-0.2, -0.15) is 0 Å². The number of hydrogen-bond acceptors (Lipinski definition) is 8. The summed E-state index contributed by atoms with van der Waals surface area (Å²) < 4.78 is 16.1. The molecule has 2 N–H and O–H groups in total. The van der Waals surface area contributed by atoms with Crippen LogP contribution in [0.5, 0.6) is 11.5 Å². The zero-order valence-corrected chi connectivity index (χ0v) is 17.8. The highest BCUT2D eigenvalue weighted by Gasteiger charge is 2.19. The lowest BCUT2D eigenvalue weighted by Gasteiger charge is -2.08. The summed E-state index contributed by atoms with van der Waals surface area (Å²) in [6.07, 6.45) is 2.30. The van der Waals surface area contributed by atoms with E-state index in [0.29, 0.717) is 37.0 Å². The first-order chi connectivity index (χ1) is 14.7. The van der Waals surface area contributed by atoms with Gasteiger partial charge in [0.25, 0.3) is 5.91 Å². The maximum atomic E-state index is 12.6. The molecular formula is C21H24N4O4S. The summed E-state index contributed by atoms with van der Waals surface area (Å²) in [4.78, 5) is 22.8. The highest BCUT2D eigenvalue weighted by atomic mass is 32.1. The Balaban J connectivity index is 1.47. The first-order valence-electron chi connectivity index (χ1n) is 9.89. The van der Waals surface area contributed by atoms with E-state index in [1.807, 2.05) is 32.0 Å². The quantitative estimate of drug-likeness (QED) is 0.504. The summed E-state index contributed by atoms with van der Waals surface area (Å²) in [5, 5.41) is 7.20. The van der Waals surface area contributed by atoms with Crippen LogP contribution >= 0.6 is 11.3 Å². The van der Waals surface area contributed by atoms with Crippen LogP contribution in [0.15, 0.2) is 24.5 Å². The van der Waals surface area contributed by atoms with Crippen LogP contribution in [0.1, 0.15) is 34.1 Å². The first-order valence-corrected chi connectivity index (χ1v) is 10.7. The number of amides is 1. The Morgan fingerprint density at radius 1 is 1.27 bits per heavy atom. The van der Waals surface area contributed by atoms with Crippen LogP contribution in [0.25, 0.3) is 10.2 Å². The maximum absolute atomic E-state index is 12.6. The number of nitrogens with one attached hydrogen (secondary N) is 2. The molecule has 1 aromatic carbocycles. The predicted octanol–water partition coefficient (Wildman–Crippen LogP) is 3.50. The molecule has 0 saturated carbocycles. The number of carbonyl (C=O) groups is 1. The molecule has 0 saturated heterocycles. The van der Waals surface area contributed by atoms with E-state index in [4.69, 9.17) is 14.2 Å². The van der Waals surface area contributed by atoms with Crippen molar-refractivity contribution in [2.45, 2.75) is 26.8 Å². The number of fused-ring (bicyclic) bond motifs is 2. The van der Waals surface area contributed by atoms with Gasteiger partial charge >= 0.3 is 0 Å². The van der Waals surface area contributed by atoms with Crippen molar-refractivity contribution in [2.75, 3.05) is 31.9 Å². The van der Waals surface area contributed by atoms with E-state index < -0.39 is 0 Å². The molecule has 30 heavy (non-hydrogen) atoms. The number of rotatable bonds is 9. The van der Waals surface area contributed by atoms with Gasteiger partial charge in [-0.3, -0.25) is 4.79 Å². The van der Waals surface area contributed by atoms with Gasteiger partial charge in [0, 0.05) is 26.3 Å². The Labute approximate surface area is 178 Å². The fourth-order valence-corrected chi connectivity index (χ4v) is 4.32. The van der Waals surface area contributed by atoms with E-state index in [1.165, 1.54) is 17.7 Å². The average molecular weight is 429 g/mol. The molecule has 0 aliphatic carbocycles. The van der Waals surface area contributed by atoms with Gasteiger partial charge in [0.2, 0.25) is 6.79 Å². The predicted molar refractivity (Wildman–Crippen MR) is 115 cm³/mol. The van der Waals surface area contributed by atoms with Crippen LogP contribution in [0.2, 0.25) is 0 Å². The zero-order chi connectivity index (χ0) is 20.9. The van der Waals surface area contributed by atoms with Gasteiger partial charge in [-0.25, -0.2) is 9.97 Å². The number of thiophene rings is 1. The third-order valence-electron chi connectivity index (χ3n) is 4.79. The van der Waals surface area contributed by atoms with Gasteiger partial charge in [-0.05, 0) is 43.5 Å². The zero-order valence-electron chi connectivity index (χ0n) is 17.0. The number of benzene rings is 1. The largest absolute Gasteiger partial charge is 0.454 e. The summed E-state index contributed by atoms with van der Waals surface area (Å²) in [6, 6.07) is 5.84. The lowest BCUT2D eigenvalue weighted by molar-refractivity contribution is 0.0948. The molecule has 0 atom stereocenters. The third-order valence-corrected chi connectivity index (χ3v) is 5.98. The molecular weight excluding hydrogens is 404 g/mol. The number of aromatic nitrogens is 2. The van der Waals surface area contributed by atoms with Crippen molar-refractivity contribution >= 4 is 33.3 Å². The van der Waals surface area contributed by atoms with Gasteiger partial charge in [0.15, 0.2) is 11.5 Å². The van der Waals surface area contributed by atoms with Crippen molar-refractivity contribution in [3.63, 3.8) is 0 Å². The Kier molecular flexibility index (Phi) is 6.29. The molecule has 3 aromatic rings. The van der Waals surface area contributed by atoms with Crippen molar-refractivity contribution in [1.29, 1.82) is 0 Å². The molecule has 8 nitrogen and oxygen atoms in total. The molecule has 0 spiro atoms. The molecule has 0 radical (unpaired) electrons. The van der Waals surface area contributed by atoms with Crippen molar-refractivity contribution in [2.24, 2.45) is 0 Å². The van der Waals surface area contributed by atoms with Crippen molar-refractivity contribution < 1.29 is 19.0 Å². The second-order valence-corrected chi connectivity index (χ2v) is 7.81. The number of hydrogen-bond donors (Lipinski definition) is 2. The van der Waals surface area contributed by atoms with E-state index in [-0.39, 0.29) is 12.7 Å². The summed E-state index contributed by atoms with van der Waals surface area (Å²) >= 11 is 1.38. The van der Waals surface area contributed by atoms with Gasteiger partial charge < -0.3 is 24.8 Å². The Morgan fingerprint density at radius 2 is 2.13 bits per heavy atom. The summed E-state index contributed by atoms with van der Waals surface area (Å²) in [5.41, 5.74) is 1.93. The molecule has 3 heterocycles. The van der Waals surface area contributed by atoms with Crippen molar-refractivity contribution in [3.8, 4) is 11.5 Å². The number of anilines is 1. The maximum Gasteiger partial charge on any atom is 0.261 e. The summed E-state index contributed by atoms with van der Waals surface area (Å²) in [6.45, 7) is 6.61. The standard InChI is InChI=1S/C21H24N4O4S/c1-3-27-8-4-7-22-20(26)18-13(2)17-19(24-11-25-21(17)30-18)23-10-14-5-6-15-16(9-14)29-12-28-15/h5-6,9,11H,3-4,7-8,10,12H2,1-2H3,(H,22,26)(H,23,24,25). The summed E-state index contributed by atoms with van der Waals surface area (Å²) in [7, 11) is 0. The van der Waals surface area contributed by atoms with Gasteiger partial charge in [-0.15, -0.1) is 11.3 Å². The number of nitrogens with zero attached hydrogens (tertiary/aromatic N) is 2. The Morgan fingerprint density at radius 3 is 3.00 bits per heavy atom. The van der Waals surface area contributed by atoms with E-state index in [1.54, 1.807) is 0 Å². The lowest BCUT2D eigenvalue weighted by atomic mass is 10.1. The topological polar surface area (TPSA) is 94.6 Å². The normalized spacial score (nSPS) is 12.3. The molecule has 4 rings (SSSR count). The molecule has 1 amide bonds. The van der Waals surface area contributed by atoms with E-state index in [0.717, 1.165) is 39.3 Å². The van der Waals surface area contributed by atoms with Crippen LogP contribution in [0.3, 0.4) is 0 Å². The molecule has 1 aliphatic heterocycles. The van der Waals surface area contributed by atoms with Crippen molar-refractivity contribution in [1.82, 2.24) is 15.3 Å². The molecule has 2 aromatic heterocycles. The SMILES string of the molecule is CCOCCCNC(=O)c1sc2ncnc(NCc3ccc4c(c3)OCO4)c2c1C. The lowest BCUT2D eigenvalue weighted by Crippen LogP contribution is -2.25. The third kappa shape index (κ3) is 4.31. The Bertz CT molecular complexity index is 1050. The minimum absolute atomic E-state index is 0.0891. The molecule has 9 heteroatoms. The van der Waals surface area contributed by atoms with Crippen LogP contribution in [-0.2, 0) is 11.3 Å². The highest BCUT2D eigenvalue weighted by molar-refractivity contribution is 7.20. The fourth-order valence-electron chi connectivity index (χ4n) is 3.26. The van der Waals surface area contributed by atoms with Crippen LogP contribution in [0.4, 0.5) is 5.82 Å². The molecule has 0 fully saturated rings. The number of ether oxygens (including phenoxy) is 3. The highest BCUT2D eigenvalue weighted by Crippen LogP contribution is 2.35. The first kappa shape index (κ1) is 20.4. The van der Waals surface area contributed by atoms with E-state index in [2.05, 4.69) is 20.6 Å². The van der Waals surface area contributed by atoms with E-state index in [9.17, 15) is 4.79 Å². The smallest absolute Gasteiger partial charge is 0.261 e. The van der Waals surface area contributed by atoms with Crippen molar-refractivity contribution in [3.05, 3.63) is 40.5 Å². The van der Waals surface area contributed by atoms with Gasteiger partial charge in [0.05, 0.1) is 10.3 Å². The minimum Gasteiger partial charge on any atom is -0.454 e. The van der Waals surface area contributed by atoms with E-state index >= 15 is 0 Å². The average Bonchev–Trinajstić information content (AvgIpc) is 3.36. The van der Waals surface area contributed by atoms with Gasteiger partial charge in [0.1, 0.15) is 17.0 Å². The Hall–Kier alpha value is -2.91. The molecule has 158 valence electrons. The second kappa shape index (κ2) is 9.27. The fraction of sp³-hybridized carbons (Fsp3) is 0.381. The summed E-state index contributed by atoms with van der Waals surface area (Å²) in [5.74, 6) is 2.13. The molecule has 0 bridgehead atoms. The molecule has 0 unspecified atom stereocenters. The van der Waals surface area contributed by atoms with Crippen LogP contribution in [0, 0.1) is 6.92 Å². The number of aryl methyl sites for hydroxylation is 1.